The number of benzene rings is 1. The normalized spacial score (nSPS) is 11.4. The first kappa shape index (κ1) is 24.3. The summed E-state index contributed by atoms with van der Waals surface area (Å²) in [7, 11) is 0. The van der Waals surface area contributed by atoms with E-state index in [1.54, 1.807) is 17.5 Å². The topological polar surface area (TPSA) is 67.1 Å². The van der Waals surface area contributed by atoms with Crippen molar-refractivity contribution in [2.45, 2.75) is 46.2 Å². The maximum absolute atomic E-state index is 4.79. The number of hydrogen-bond donors (Lipinski definition) is 2. The van der Waals surface area contributed by atoms with Gasteiger partial charge in [0, 0.05) is 43.2 Å². The summed E-state index contributed by atoms with van der Waals surface area (Å²) in [5, 5.41) is 14.4. The molecule has 0 unspecified atom stereocenters. The van der Waals surface area contributed by atoms with Crippen LogP contribution in [0.15, 0.2) is 53.1 Å². The molecule has 8 heteroatoms. The van der Waals surface area contributed by atoms with Crippen LogP contribution in [0.25, 0.3) is 0 Å². The van der Waals surface area contributed by atoms with Crippen LogP contribution < -0.4 is 10.6 Å². The molecule has 2 aromatic heterocycles. The SMILES string of the molecule is CCNC(=NCc1ccccc1Cn1cccn1)NCCc1csc(C(C)C)n1.I. The number of rotatable bonds is 9. The molecule has 0 fully saturated rings. The van der Waals surface area contributed by atoms with Gasteiger partial charge in [-0.1, -0.05) is 38.1 Å². The lowest BCUT2D eigenvalue weighted by atomic mass is 10.1. The summed E-state index contributed by atoms with van der Waals surface area (Å²) in [6.07, 6.45) is 4.68. The molecule has 0 aliphatic rings. The number of guanidine groups is 1. The van der Waals surface area contributed by atoms with Gasteiger partial charge in [0.1, 0.15) is 0 Å². The molecule has 3 rings (SSSR count). The lowest BCUT2D eigenvalue weighted by Crippen LogP contribution is -2.38. The van der Waals surface area contributed by atoms with Gasteiger partial charge in [-0.25, -0.2) is 9.98 Å². The van der Waals surface area contributed by atoms with Crippen molar-refractivity contribution in [1.29, 1.82) is 0 Å². The van der Waals surface area contributed by atoms with Crippen LogP contribution in [-0.2, 0) is 19.5 Å². The Labute approximate surface area is 200 Å². The van der Waals surface area contributed by atoms with Crippen LogP contribution in [0.3, 0.4) is 0 Å². The van der Waals surface area contributed by atoms with Crippen molar-refractivity contribution in [3.05, 3.63) is 69.9 Å². The van der Waals surface area contributed by atoms with Crippen molar-refractivity contribution in [3.63, 3.8) is 0 Å². The Morgan fingerprint density at radius 1 is 1.17 bits per heavy atom. The highest BCUT2D eigenvalue weighted by Crippen LogP contribution is 2.19. The van der Waals surface area contributed by atoms with Gasteiger partial charge in [0.2, 0.25) is 0 Å². The molecule has 6 nitrogen and oxygen atoms in total. The number of aromatic nitrogens is 3. The molecular formula is C22H31IN6S. The van der Waals surface area contributed by atoms with Crippen LogP contribution in [0.1, 0.15) is 48.5 Å². The molecule has 0 radical (unpaired) electrons. The predicted molar refractivity (Wildman–Crippen MR) is 136 cm³/mol. The zero-order valence-corrected chi connectivity index (χ0v) is 21.0. The van der Waals surface area contributed by atoms with Gasteiger partial charge >= 0.3 is 0 Å². The van der Waals surface area contributed by atoms with Crippen LogP contribution in [0, 0.1) is 0 Å². The highest BCUT2D eigenvalue weighted by molar-refractivity contribution is 14.0. The summed E-state index contributed by atoms with van der Waals surface area (Å²) in [5.41, 5.74) is 3.59. The van der Waals surface area contributed by atoms with Crippen molar-refractivity contribution in [2.75, 3.05) is 13.1 Å². The van der Waals surface area contributed by atoms with E-state index in [2.05, 4.69) is 66.1 Å². The molecule has 3 aromatic rings. The predicted octanol–water partition coefficient (Wildman–Crippen LogP) is 4.43. The number of nitrogens with zero attached hydrogens (tertiary/aromatic N) is 4. The molecule has 162 valence electrons. The third-order valence-electron chi connectivity index (χ3n) is 4.50. The Balaban J connectivity index is 0.00000320. The summed E-state index contributed by atoms with van der Waals surface area (Å²) in [6.45, 7) is 9.46. The van der Waals surface area contributed by atoms with Crippen LogP contribution in [0.2, 0.25) is 0 Å². The smallest absolute Gasteiger partial charge is 0.191 e. The average Bonchev–Trinajstić information content (AvgIpc) is 3.39. The summed E-state index contributed by atoms with van der Waals surface area (Å²) in [5.74, 6) is 1.32. The Morgan fingerprint density at radius 2 is 1.97 bits per heavy atom. The molecule has 2 N–H and O–H groups in total. The van der Waals surface area contributed by atoms with E-state index in [-0.39, 0.29) is 24.0 Å². The molecule has 0 aliphatic carbocycles. The van der Waals surface area contributed by atoms with Gasteiger partial charge in [-0.3, -0.25) is 4.68 Å². The van der Waals surface area contributed by atoms with Crippen molar-refractivity contribution >= 4 is 41.3 Å². The molecule has 0 bridgehead atoms. The number of aliphatic imine (C=N–C) groups is 1. The van der Waals surface area contributed by atoms with E-state index in [9.17, 15) is 0 Å². The van der Waals surface area contributed by atoms with Crippen LogP contribution in [0.5, 0.6) is 0 Å². The second-order valence-corrected chi connectivity index (χ2v) is 8.07. The van der Waals surface area contributed by atoms with E-state index in [0.29, 0.717) is 12.5 Å². The number of nitrogens with one attached hydrogen (secondary N) is 2. The second kappa shape index (κ2) is 12.7. The number of halogens is 1. The fourth-order valence-electron chi connectivity index (χ4n) is 2.95. The van der Waals surface area contributed by atoms with Gasteiger partial charge in [0.25, 0.3) is 0 Å². The van der Waals surface area contributed by atoms with Gasteiger partial charge < -0.3 is 10.6 Å². The van der Waals surface area contributed by atoms with Crippen molar-refractivity contribution in [1.82, 2.24) is 25.4 Å². The van der Waals surface area contributed by atoms with Crippen LogP contribution >= 0.6 is 35.3 Å². The van der Waals surface area contributed by atoms with Gasteiger partial charge in [0.05, 0.1) is 23.8 Å². The second-order valence-electron chi connectivity index (χ2n) is 7.18. The zero-order valence-electron chi connectivity index (χ0n) is 17.8. The van der Waals surface area contributed by atoms with Gasteiger partial charge in [-0.15, -0.1) is 35.3 Å². The third kappa shape index (κ3) is 7.39. The summed E-state index contributed by atoms with van der Waals surface area (Å²) >= 11 is 1.75. The summed E-state index contributed by atoms with van der Waals surface area (Å²) < 4.78 is 1.94. The van der Waals surface area contributed by atoms with Gasteiger partial charge in [-0.2, -0.15) is 5.10 Å². The van der Waals surface area contributed by atoms with Crippen LogP contribution in [0.4, 0.5) is 0 Å². The van der Waals surface area contributed by atoms with E-state index in [1.807, 2.05) is 16.9 Å². The standard InChI is InChI=1S/C22H30N6S.HI/c1-4-23-22(24-12-10-20-16-29-21(27-20)17(2)3)25-14-18-8-5-6-9-19(18)15-28-13-7-11-26-28;/h5-9,11,13,16-17H,4,10,12,14-15H2,1-3H3,(H2,23,24,25);1H. The first-order chi connectivity index (χ1) is 14.2. The lowest BCUT2D eigenvalue weighted by Gasteiger charge is -2.12. The zero-order chi connectivity index (χ0) is 20.5. The Bertz CT molecular complexity index is 904. The highest BCUT2D eigenvalue weighted by atomic mass is 127. The minimum atomic E-state index is 0. The fraction of sp³-hybridized carbons (Fsp3) is 0.409. The number of hydrogen-bond acceptors (Lipinski definition) is 4. The molecule has 0 saturated heterocycles. The molecule has 0 amide bonds. The van der Waals surface area contributed by atoms with Crippen molar-refractivity contribution < 1.29 is 0 Å². The summed E-state index contributed by atoms with van der Waals surface area (Å²) in [4.78, 5) is 9.49. The fourth-order valence-corrected chi connectivity index (χ4v) is 3.82. The lowest BCUT2D eigenvalue weighted by molar-refractivity contribution is 0.680. The highest BCUT2D eigenvalue weighted by Gasteiger charge is 2.07. The van der Waals surface area contributed by atoms with E-state index in [4.69, 9.17) is 9.98 Å². The Hall–Kier alpha value is -1.94. The molecular weight excluding hydrogens is 507 g/mol. The minimum absolute atomic E-state index is 0. The minimum Gasteiger partial charge on any atom is -0.357 e. The maximum Gasteiger partial charge on any atom is 0.191 e. The van der Waals surface area contributed by atoms with Gasteiger partial charge in [0.15, 0.2) is 5.96 Å². The maximum atomic E-state index is 4.79. The quantitative estimate of drug-likeness (QED) is 0.241. The van der Waals surface area contributed by atoms with Crippen molar-refractivity contribution in [2.24, 2.45) is 4.99 Å². The first-order valence-electron chi connectivity index (χ1n) is 10.2. The van der Waals surface area contributed by atoms with E-state index < -0.39 is 0 Å². The molecule has 0 saturated carbocycles. The molecule has 30 heavy (non-hydrogen) atoms. The average molecular weight is 539 g/mol. The third-order valence-corrected chi connectivity index (χ3v) is 5.69. The van der Waals surface area contributed by atoms with E-state index in [0.717, 1.165) is 37.7 Å². The largest absolute Gasteiger partial charge is 0.357 e. The van der Waals surface area contributed by atoms with Gasteiger partial charge in [-0.05, 0) is 24.1 Å². The molecule has 0 atom stereocenters. The molecule has 2 heterocycles. The monoisotopic (exact) mass is 538 g/mol. The van der Waals surface area contributed by atoms with Crippen molar-refractivity contribution in [3.8, 4) is 0 Å². The Morgan fingerprint density at radius 3 is 2.63 bits per heavy atom. The van der Waals surface area contributed by atoms with E-state index in [1.165, 1.54) is 16.1 Å². The molecule has 1 aromatic carbocycles. The Kier molecular flexibility index (Phi) is 10.3. The molecule has 0 spiro atoms. The number of thiazole rings is 1. The summed E-state index contributed by atoms with van der Waals surface area (Å²) in [6, 6.07) is 10.3. The molecule has 0 aliphatic heterocycles. The van der Waals surface area contributed by atoms with E-state index >= 15 is 0 Å². The first-order valence-corrected chi connectivity index (χ1v) is 11.0. The van der Waals surface area contributed by atoms with Crippen LogP contribution in [-0.4, -0.2) is 33.8 Å².